The van der Waals surface area contributed by atoms with Crippen LogP contribution in [-0.2, 0) is 16.1 Å². The third-order valence-corrected chi connectivity index (χ3v) is 4.52. The van der Waals surface area contributed by atoms with Gasteiger partial charge >= 0.3 is 6.03 Å². The number of nitrogens with one attached hydrogen (secondary N) is 3. The van der Waals surface area contributed by atoms with Crippen molar-refractivity contribution < 1.29 is 24.0 Å². The molecular formula is C21H23N5O6. The van der Waals surface area contributed by atoms with Crippen LogP contribution in [0.4, 0.5) is 21.9 Å². The Morgan fingerprint density at radius 3 is 2.56 bits per heavy atom. The van der Waals surface area contributed by atoms with Crippen LogP contribution in [-0.4, -0.2) is 42.0 Å². The number of nitro benzene ring substituents is 1. The summed E-state index contributed by atoms with van der Waals surface area (Å²) in [4.78, 5) is 48.0. The maximum absolute atomic E-state index is 12.4. The van der Waals surface area contributed by atoms with Crippen LogP contribution >= 0.6 is 0 Å². The number of non-ortho nitro benzene ring substituents is 1. The monoisotopic (exact) mass is 441 g/mol. The summed E-state index contributed by atoms with van der Waals surface area (Å²) in [6.45, 7) is 3.37. The average Bonchev–Trinajstić information content (AvgIpc) is 2.74. The SMILES string of the molecule is CC(C)NC(=O)Nc1ccc(CNC(=O)CN2C(=O)COc3ccc([N+](=O)[O-])cc32)cc1. The molecule has 1 aliphatic rings. The lowest BCUT2D eigenvalue weighted by Crippen LogP contribution is -2.45. The van der Waals surface area contributed by atoms with Crippen LogP contribution in [0.15, 0.2) is 42.5 Å². The van der Waals surface area contributed by atoms with Crippen molar-refractivity contribution in [1.82, 2.24) is 10.6 Å². The molecule has 0 saturated heterocycles. The van der Waals surface area contributed by atoms with Crippen molar-refractivity contribution in [2.24, 2.45) is 0 Å². The molecule has 168 valence electrons. The minimum absolute atomic E-state index is 0.0148. The molecule has 0 aliphatic carbocycles. The van der Waals surface area contributed by atoms with Gasteiger partial charge in [0.1, 0.15) is 12.3 Å². The molecule has 2 aromatic rings. The van der Waals surface area contributed by atoms with Gasteiger partial charge in [0, 0.05) is 30.4 Å². The van der Waals surface area contributed by atoms with Crippen LogP contribution in [0.1, 0.15) is 19.4 Å². The van der Waals surface area contributed by atoms with Gasteiger partial charge in [-0.25, -0.2) is 4.79 Å². The van der Waals surface area contributed by atoms with E-state index in [-0.39, 0.29) is 43.1 Å². The van der Waals surface area contributed by atoms with Crippen LogP contribution in [0.2, 0.25) is 0 Å². The number of hydrogen-bond acceptors (Lipinski definition) is 6. The van der Waals surface area contributed by atoms with Gasteiger partial charge in [0.15, 0.2) is 6.61 Å². The Morgan fingerprint density at radius 1 is 1.19 bits per heavy atom. The Morgan fingerprint density at radius 2 is 1.91 bits per heavy atom. The fourth-order valence-electron chi connectivity index (χ4n) is 3.01. The molecule has 3 N–H and O–H groups in total. The molecule has 0 spiro atoms. The Balaban J connectivity index is 1.58. The third kappa shape index (κ3) is 5.72. The maximum atomic E-state index is 12.4. The third-order valence-electron chi connectivity index (χ3n) is 4.52. The summed E-state index contributed by atoms with van der Waals surface area (Å²) in [5.74, 6) is -0.605. The zero-order valence-electron chi connectivity index (χ0n) is 17.6. The molecule has 11 nitrogen and oxygen atoms in total. The molecule has 0 radical (unpaired) electrons. The van der Waals surface area contributed by atoms with E-state index >= 15 is 0 Å². The van der Waals surface area contributed by atoms with Crippen LogP contribution < -0.4 is 25.6 Å². The summed E-state index contributed by atoms with van der Waals surface area (Å²) in [7, 11) is 0. The number of carbonyl (C=O) groups is 3. The van der Waals surface area contributed by atoms with Crippen LogP contribution in [0.25, 0.3) is 0 Å². The highest BCUT2D eigenvalue weighted by atomic mass is 16.6. The molecule has 1 heterocycles. The highest BCUT2D eigenvalue weighted by molar-refractivity contribution is 6.02. The number of amides is 4. The number of anilines is 2. The predicted molar refractivity (Wildman–Crippen MR) is 117 cm³/mol. The summed E-state index contributed by atoms with van der Waals surface area (Å²) < 4.78 is 5.29. The lowest BCUT2D eigenvalue weighted by Gasteiger charge is -2.28. The van der Waals surface area contributed by atoms with Crippen molar-refractivity contribution in [3.63, 3.8) is 0 Å². The van der Waals surface area contributed by atoms with E-state index in [4.69, 9.17) is 4.74 Å². The molecule has 0 atom stereocenters. The molecule has 0 aromatic heterocycles. The molecule has 3 rings (SSSR count). The molecule has 0 saturated carbocycles. The fraction of sp³-hybridized carbons (Fsp3) is 0.286. The summed E-state index contributed by atoms with van der Waals surface area (Å²) >= 11 is 0. The number of hydrogen-bond donors (Lipinski definition) is 3. The van der Waals surface area contributed by atoms with Crippen molar-refractivity contribution >= 4 is 34.9 Å². The number of ether oxygens (including phenoxy) is 1. The van der Waals surface area contributed by atoms with Crippen molar-refractivity contribution in [1.29, 1.82) is 0 Å². The van der Waals surface area contributed by atoms with Crippen molar-refractivity contribution in [2.45, 2.75) is 26.4 Å². The van der Waals surface area contributed by atoms with E-state index < -0.39 is 16.7 Å². The molecule has 32 heavy (non-hydrogen) atoms. The minimum Gasteiger partial charge on any atom is -0.482 e. The number of nitro groups is 1. The van der Waals surface area contributed by atoms with E-state index in [2.05, 4.69) is 16.0 Å². The number of nitrogens with zero attached hydrogens (tertiary/aromatic N) is 2. The fourth-order valence-corrected chi connectivity index (χ4v) is 3.01. The zero-order valence-corrected chi connectivity index (χ0v) is 17.6. The second kappa shape index (κ2) is 9.77. The quantitative estimate of drug-likeness (QED) is 0.444. The van der Waals surface area contributed by atoms with Gasteiger partial charge in [0.05, 0.1) is 10.6 Å². The normalized spacial score (nSPS) is 12.6. The predicted octanol–water partition coefficient (Wildman–Crippen LogP) is 2.17. The van der Waals surface area contributed by atoms with Crippen molar-refractivity contribution in [2.75, 3.05) is 23.4 Å². The summed E-state index contributed by atoms with van der Waals surface area (Å²) in [6.07, 6.45) is 0. The zero-order chi connectivity index (χ0) is 23.3. The second-order valence-corrected chi connectivity index (χ2v) is 7.40. The molecule has 2 aromatic carbocycles. The Kier molecular flexibility index (Phi) is 6.88. The van der Waals surface area contributed by atoms with Crippen LogP contribution in [0, 0.1) is 10.1 Å². The van der Waals surface area contributed by atoms with Gasteiger partial charge in [0.2, 0.25) is 5.91 Å². The number of rotatable bonds is 7. The van der Waals surface area contributed by atoms with Crippen molar-refractivity contribution in [3.05, 3.63) is 58.1 Å². The van der Waals surface area contributed by atoms with Gasteiger partial charge in [-0.2, -0.15) is 0 Å². The molecule has 4 amide bonds. The Bertz CT molecular complexity index is 1040. The van der Waals surface area contributed by atoms with E-state index in [0.29, 0.717) is 11.4 Å². The van der Waals surface area contributed by atoms with Gasteiger partial charge in [-0.05, 0) is 37.6 Å². The highest BCUT2D eigenvalue weighted by Crippen LogP contribution is 2.35. The Labute approximate surface area is 183 Å². The van der Waals surface area contributed by atoms with E-state index in [1.54, 1.807) is 24.3 Å². The van der Waals surface area contributed by atoms with Crippen molar-refractivity contribution in [3.8, 4) is 5.75 Å². The van der Waals surface area contributed by atoms with Crippen LogP contribution in [0.3, 0.4) is 0 Å². The first-order valence-electron chi connectivity index (χ1n) is 9.87. The largest absolute Gasteiger partial charge is 0.482 e. The van der Waals surface area contributed by atoms with E-state index in [9.17, 15) is 24.5 Å². The summed E-state index contributed by atoms with van der Waals surface area (Å²) in [6, 6.07) is 10.5. The molecule has 0 fully saturated rings. The smallest absolute Gasteiger partial charge is 0.319 e. The highest BCUT2D eigenvalue weighted by Gasteiger charge is 2.29. The number of fused-ring (bicyclic) bond motifs is 1. The standard InChI is InChI=1S/C21H23N5O6/c1-13(2)23-21(29)24-15-5-3-14(4-6-15)10-22-19(27)11-25-17-9-16(26(30)31)7-8-18(17)32-12-20(25)28/h3-9,13H,10-12H2,1-2H3,(H,22,27)(H2,23,24,29). The van der Waals surface area contributed by atoms with Crippen LogP contribution in [0.5, 0.6) is 5.75 Å². The molecule has 0 unspecified atom stereocenters. The first-order chi connectivity index (χ1) is 15.2. The van der Waals surface area contributed by atoms with Gasteiger partial charge in [-0.1, -0.05) is 12.1 Å². The average molecular weight is 441 g/mol. The number of benzene rings is 2. The second-order valence-electron chi connectivity index (χ2n) is 7.40. The van der Waals surface area contributed by atoms with E-state index in [1.807, 2.05) is 13.8 Å². The molecule has 11 heteroatoms. The summed E-state index contributed by atoms with van der Waals surface area (Å²) in [5, 5.41) is 19.2. The van der Waals surface area contributed by atoms with E-state index in [0.717, 1.165) is 5.56 Å². The lowest BCUT2D eigenvalue weighted by molar-refractivity contribution is -0.384. The van der Waals surface area contributed by atoms with Gasteiger partial charge in [-0.15, -0.1) is 0 Å². The maximum Gasteiger partial charge on any atom is 0.319 e. The molecular weight excluding hydrogens is 418 g/mol. The Hall–Kier alpha value is -4.15. The van der Waals surface area contributed by atoms with Gasteiger partial charge in [0.25, 0.3) is 11.6 Å². The molecule has 0 bridgehead atoms. The van der Waals surface area contributed by atoms with Gasteiger partial charge in [-0.3, -0.25) is 24.6 Å². The number of urea groups is 1. The first-order valence-corrected chi connectivity index (χ1v) is 9.87. The lowest BCUT2D eigenvalue weighted by atomic mass is 10.2. The number of carbonyl (C=O) groups excluding carboxylic acids is 3. The first kappa shape index (κ1) is 22.5. The molecule has 1 aliphatic heterocycles. The topological polar surface area (TPSA) is 143 Å². The minimum atomic E-state index is -0.581. The van der Waals surface area contributed by atoms with E-state index in [1.165, 1.54) is 23.1 Å². The summed E-state index contributed by atoms with van der Waals surface area (Å²) in [5.41, 5.74) is 1.37. The van der Waals surface area contributed by atoms with Gasteiger partial charge < -0.3 is 20.7 Å².